The predicted octanol–water partition coefficient (Wildman–Crippen LogP) is -3.02. The molecule has 1 aromatic heterocycles. The van der Waals surface area contributed by atoms with Gasteiger partial charge in [-0.1, -0.05) is 5.16 Å². The zero-order valence-electron chi connectivity index (χ0n) is 17.3. The van der Waals surface area contributed by atoms with Gasteiger partial charge in [-0.25, -0.2) is 0 Å². The first-order valence-electron chi connectivity index (χ1n) is 8.04. The van der Waals surface area contributed by atoms with Crippen LogP contribution in [0.1, 0.15) is 0 Å². The van der Waals surface area contributed by atoms with Crippen molar-refractivity contribution in [2.75, 3.05) is 21.0 Å². The molecule has 1 N–H and O–H groups in total. The molecule has 1 aliphatic heterocycles. The molecule has 0 aliphatic carbocycles. The van der Waals surface area contributed by atoms with Crippen LogP contribution in [0.3, 0.4) is 0 Å². The molecule has 0 amide bonds. The fourth-order valence-electron chi connectivity index (χ4n) is 2.91. The molecule has 0 fully saturated rings. The predicted molar refractivity (Wildman–Crippen MR) is 96.8 cm³/mol. The van der Waals surface area contributed by atoms with Crippen LogP contribution in [0.25, 0.3) is 22.5 Å². The Kier molecular flexibility index (Phi) is 10.8. The third-order valence-electron chi connectivity index (χ3n) is 4.14. The van der Waals surface area contributed by atoms with E-state index >= 15 is 0 Å². The maximum Gasteiger partial charge on any atom is 1.00 e. The second kappa shape index (κ2) is 12.1. The molecule has 0 saturated carbocycles. The number of hydrogen-bond donors (Lipinski definition) is 0. The molecule has 152 valence electrons. The minimum absolute atomic E-state index is 0. The normalized spacial score (nSPS) is 11.4. The van der Waals surface area contributed by atoms with E-state index in [4.69, 9.17) is 28.0 Å². The van der Waals surface area contributed by atoms with Gasteiger partial charge in [0.05, 0.1) is 26.0 Å². The number of methoxy groups -OCH3 is 2. The van der Waals surface area contributed by atoms with Crippen LogP contribution in [-0.4, -0.2) is 31.6 Å². The van der Waals surface area contributed by atoms with Crippen LogP contribution in [0.4, 0.5) is 0 Å². The van der Waals surface area contributed by atoms with E-state index in [-0.39, 0.29) is 77.1 Å². The summed E-state index contributed by atoms with van der Waals surface area (Å²) < 4.78 is 42.9. The molecule has 0 saturated heterocycles. The van der Waals surface area contributed by atoms with E-state index in [1.165, 1.54) is 26.5 Å². The van der Waals surface area contributed by atoms with Gasteiger partial charge in [-0.3, -0.25) is 4.52 Å². The maximum atomic E-state index is 11.1. The largest absolute Gasteiger partial charge is 1.00 e. The summed E-state index contributed by atoms with van der Waals surface area (Å²) in [4.78, 5) is 11.1. The van der Waals surface area contributed by atoms with Crippen molar-refractivity contribution >= 4 is 8.25 Å². The minimum atomic E-state index is -3.12. The molecule has 1 aliphatic rings. The third kappa shape index (κ3) is 5.73. The van der Waals surface area contributed by atoms with Gasteiger partial charge in [0.1, 0.15) is 5.75 Å². The van der Waals surface area contributed by atoms with Crippen molar-refractivity contribution in [3.8, 4) is 51.2 Å². The van der Waals surface area contributed by atoms with Crippen molar-refractivity contribution < 1.29 is 102 Å². The zero-order valence-corrected chi connectivity index (χ0v) is 22.2. The average Bonchev–Trinajstić information content (AvgIpc) is 3.35. The van der Waals surface area contributed by atoms with Crippen LogP contribution in [0, 0.1) is 0 Å². The number of fused-ring (bicyclic) bond motifs is 1. The first kappa shape index (κ1) is 27.7. The number of nitrogens with zero attached hydrogens (tertiary/aromatic N) is 1. The van der Waals surface area contributed by atoms with Gasteiger partial charge in [-0.2, -0.15) is 0 Å². The summed E-state index contributed by atoms with van der Waals surface area (Å²) in [5.74, 6) is 2.40. The molecule has 10 nitrogen and oxygen atoms in total. The number of aromatic nitrogens is 1. The van der Waals surface area contributed by atoms with Crippen LogP contribution in [0.2, 0.25) is 0 Å². The molecule has 2 aromatic carbocycles. The summed E-state index contributed by atoms with van der Waals surface area (Å²) in [6, 6.07) is 8.25. The van der Waals surface area contributed by atoms with Crippen molar-refractivity contribution in [1.29, 1.82) is 0 Å². The summed E-state index contributed by atoms with van der Waals surface area (Å²) in [6.07, 6.45) is 1.47. The Morgan fingerprint density at radius 3 is 2.48 bits per heavy atom. The van der Waals surface area contributed by atoms with Crippen LogP contribution in [0.15, 0.2) is 41.1 Å². The standard InChI is InChI=1S/C18H14NO8P.2Na.H2O/c1-22-11-3-4-12(14(7-11)27-28(20)21)13-8-19-26-17(13)10-5-15(23-2)18-16(6-10)24-9-25-18;;;/h3-8H,9H2,1-2H3;;;1H2/q;2*+1;/p-1. The van der Waals surface area contributed by atoms with Gasteiger partial charge in [0.15, 0.2) is 23.0 Å². The van der Waals surface area contributed by atoms with Crippen LogP contribution < -0.4 is 87.5 Å². The van der Waals surface area contributed by atoms with E-state index in [2.05, 4.69) is 5.16 Å². The van der Waals surface area contributed by atoms with Gasteiger partial charge in [0, 0.05) is 17.2 Å². The molecule has 3 aromatic rings. The first-order valence-corrected chi connectivity index (χ1v) is 9.13. The molecule has 1 atom stereocenters. The molecule has 13 heteroatoms. The van der Waals surface area contributed by atoms with E-state index in [9.17, 15) is 9.46 Å². The first-order chi connectivity index (χ1) is 13.6. The zero-order chi connectivity index (χ0) is 19.7. The van der Waals surface area contributed by atoms with Gasteiger partial charge < -0.3 is 33.8 Å². The monoisotopic (exact) mass is 466 g/mol. The van der Waals surface area contributed by atoms with Crippen molar-refractivity contribution in [3.05, 3.63) is 36.5 Å². The molecule has 4 rings (SSSR count). The summed E-state index contributed by atoms with van der Waals surface area (Å²) in [6.45, 7) is 0.0887. The molecule has 0 radical (unpaired) electrons. The van der Waals surface area contributed by atoms with E-state index in [0.717, 1.165) is 0 Å². The Morgan fingerprint density at radius 2 is 1.81 bits per heavy atom. The van der Waals surface area contributed by atoms with Gasteiger partial charge in [-0.05, 0) is 28.8 Å². The number of ether oxygens (including phenoxy) is 4. The van der Waals surface area contributed by atoms with Crippen molar-refractivity contribution in [2.45, 2.75) is 0 Å². The van der Waals surface area contributed by atoms with Gasteiger partial charge in [0.25, 0.3) is 0 Å². The van der Waals surface area contributed by atoms with E-state index < -0.39 is 8.25 Å². The fourth-order valence-corrected chi connectivity index (χ4v) is 3.22. The molecule has 0 bridgehead atoms. The van der Waals surface area contributed by atoms with Gasteiger partial charge in [0.2, 0.25) is 12.5 Å². The molecule has 31 heavy (non-hydrogen) atoms. The Labute approximate surface area is 222 Å². The molecular formula is C18H15NNa2O9P+. The summed E-state index contributed by atoms with van der Waals surface area (Å²) in [5.41, 5.74) is 1.60. The fraction of sp³-hybridized carbons (Fsp3) is 0.167. The quantitative estimate of drug-likeness (QED) is 0.272. The van der Waals surface area contributed by atoms with E-state index in [0.29, 0.717) is 45.4 Å². The Bertz CT molecular complexity index is 1060. The van der Waals surface area contributed by atoms with Gasteiger partial charge >= 0.3 is 67.4 Å². The molecule has 1 unspecified atom stereocenters. The average molecular weight is 466 g/mol. The topological polar surface area (TPSA) is 142 Å². The van der Waals surface area contributed by atoms with Crippen LogP contribution >= 0.6 is 8.25 Å². The van der Waals surface area contributed by atoms with E-state index in [1.807, 2.05) is 0 Å². The minimum Gasteiger partial charge on any atom is -0.870 e. The molecule has 0 spiro atoms. The van der Waals surface area contributed by atoms with Crippen LogP contribution in [0.5, 0.6) is 28.7 Å². The smallest absolute Gasteiger partial charge is 0.870 e. The number of rotatable bonds is 6. The van der Waals surface area contributed by atoms with Gasteiger partial charge in [-0.15, -0.1) is 0 Å². The summed E-state index contributed by atoms with van der Waals surface area (Å²) in [5, 5.41) is 3.86. The molecule has 2 heterocycles. The maximum absolute atomic E-state index is 11.1. The summed E-state index contributed by atoms with van der Waals surface area (Å²) >= 11 is 0. The SMILES string of the molecule is COc1ccc(-c2cnoc2-c2cc(OC)c3c(c2)OCO3)c(O[P+](=O)[O-])c1.[Na+].[Na+].[OH-]. The summed E-state index contributed by atoms with van der Waals surface area (Å²) in [7, 11) is -0.136. The second-order valence-electron chi connectivity index (χ2n) is 5.66. The van der Waals surface area contributed by atoms with E-state index in [1.54, 1.807) is 24.3 Å². The Morgan fingerprint density at radius 1 is 1.03 bits per heavy atom. The second-order valence-corrected chi connectivity index (χ2v) is 6.29. The Hall–Kier alpha value is -1.33. The van der Waals surface area contributed by atoms with Crippen molar-refractivity contribution in [1.82, 2.24) is 5.16 Å². The number of hydrogen-bond acceptors (Lipinski definition) is 10. The Balaban J connectivity index is 0.00000160. The molecular weight excluding hydrogens is 451 g/mol. The number of benzene rings is 2. The van der Waals surface area contributed by atoms with Crippen molar-refractivity contribution in [2.24, 2.45) is 0 Å². The van der Waals surface area contributed by atoms with Crippen molar-refractivity contribution in [3.63, 3.8) is 0 Å². The van der Waals surface area contributed by atoms with Crippen LogP contribution in [-0.2, 0) is 4.57 Å². The third-order valence-corrected chi connectivity index (χ3v) is 4.49.